The van der Waals surface area contributed by atoms with Crippen LogP contribution in [0.1, 0.15) is 5.69 Å². The molecule has 0 saturated carbocycles. The molecular formula is C8H7N4. The number of hydrogen-bond acceptors (Lipinski definition) is 3. The van der Waals surface area contributed by atoms with Crippen molar-refractivity contribution in [3.63, 3.8) is 0 Å². The molecule has 1 radical (unpaired) electrons. The lowest BCUT2D eigenvalue weighted by Crippen LogP contribution is -1.96. The highest BCUT2D eigenvalue weighted by Gasteiger charge is 1.97. The van der Waals surface area contributed by atoms with E-state index in [1.165, 1.54) is 0 Å². The summed E-state index contributed by atoms with van der Waals surface area (Å²) < 4.78 is 1.76. The van der Waals surface area contributed by atoms with Crippen molar-refractivity contribution in [3.8, 4) is 5.95 Å². The van der Waals surface area contributed by atoms with Crippen LogP contribution >= 0.6 is 0 Å². The highest BCUT2D eigenvalue weighted by Crippen LogP contribution is 1.99. The standard InChI is InChI=1S/C8H7N4/c1-7-5-12(6-11-7)8-9-3-2-4-10-8/h2-3,5-6H,1H3. The van der Waals surface area contributed by atoms with Gasteiger partial charge in [-0.3, -0.25) is 4.57 Å². The van der Waals surface area contributed by atoms with Gasteiger partial charge < -0.3 is 0 Å². The van der Waals surface area contributed by atoms with Crippen molar-refractivity contribution in [1.29, 1.82) is 0 Å². The van der Waals surface area contributed by atoms with E-state index >= 15 is 0 Å². The molecule has 0 atom stereocenters. The van der Waals surface area contributed by atoms with Crippen LogP contribution in [-0.2, 0) is 0 Å². The van der Waals surface area contributed by atoms with Crippen molar-refractivity contribution >= 4 is 0 Å². The minimum atomic E-state index is 0.595. The quantitative estimate of drug-likeness (QED) is 0.617. The summed E-state index contributed by atoms with van der Waals surface area (Å²) in [5.41, 5.74) is 0.947. The van der Waals surface area contributed by atoms with Crippen molar-refractivity contribution in [2.24, 2.45) is 0 Å². The summed E-state index contributed by atoms with van der Waals surface area (Å²) in [7, 11) is 0. The van der Waals surface area contributed by atoms with Crippen LogP contribution in [0, 0.1) is 13.1 Å². The fourth-order valence-electron chi connectivity index (χ4n) is 0.916. The van der Waals surface area contributed by atoms with E-state index in [4.69, 9.17) is 0 Å². The topological polar surface area (TPSA) is 43.6 Å². The zero-order valence-corrected chi connectivity index (χ0v) is 6.60. The summed E-state index contributed by atoms with van der Waals surface area (Å²) in [5, 5.41) is 0. The predicted molar refractivity (Wildman–Crippen MR) is 42.7 cm³/mol. The molecule has 2 aromatic rings. The van der Waals surface area contributed by atoms with Crippen molar-refractivity contribution in [3.05, 3.63) is 36.7 Å². The molecule has 0 amide bonds. The fraction of sp³-hybridized carbons (Fsp3) is 0.125. The Morgan fingerprint density at radius 3 is 2.92 bits per heavy atom. The van der Waals surface area contributed by atoms with E-state index < -0.39 is 0 Å². The fourth-order valence-corrected chi connectivity index (χ4v) is 0.916. The van der Waals surface area contributed by atoms with Crippen LogP contribution in [0.25, 0.3) is 5.95 Å². The third kappa shape index (κ3) is 1.18. The zero-order chi connectivity index (χ0) is 8.39. The second kappa shape index (κ2) is 2.73. The van der Waals surface area contributed by atoms with E-state index in [2.05, 4.69) is 21.1 Å². The smallest absolute Gasteiger partial charge is 0.235 e. The molecule has 0 N–H and O–H groups in total. The third-order valence-corrected chi connectivity index (χ3v) is 1.45. The van der Waals surface area contributed by atoms with Gasteiger partial charge in [-0.25, -0.2) is 15.0 Å². The van der Waals surface area contributed by atoms with Crippen LogP contribution in [0.15, 0.2) is 24.8 Å². The van der Waals surface area contributed by atoms with Gasteiger partial charge in [-0.15, -0.1) is 0 Å². The van der Waals surface area contributed by atoms with Gasteiger partial charge >= 0.3 is 0 Å². The Morgan fingerprint density at radius 1 is 1.42 bits per heavy atom. The molecule has 0 fully saturated rings. The maximum atomic E-state index is 4.06. The molecule has 2 aromatic heterocycles. The van der Waals surface area contributed by atoms with E-state index in [1.807, 2.05) is 13.1 Å². The predicted octanol–water partition coefficient (Wildman–Crippen LogP) is 0.771. The molecule has 0 unspecified atom stereocenters. The Morgan fingerprint density at radius 2 is 2.33 bits per heavy atom. The molecule has 2 rings (SSSR count). The average molecular weight is 159 g/mol. The van der Waals surface area contributed by atoms with Gasteiger partial charge in [-0.1, -0.05) is 0 Å². The van der Waals surface area contributed by atoms with Crippen LogP contribution in [0.5, 0.6) is 0 Å². The van der Waals surface area contributed by atoms with E-state index in [1.54, 1.807) is 23.2 Å². The molecule has 0 bridgehead atoms. The lowest BCUT2D eigenvalue weighted by atomic mass is 10.6. The number of hydrogen-bond donors (Lipinski definition) is 0. The van der Waals surface area contributed by atoms with Crippen LogP contribution < -0.4 is 0 Å². The highest BCUT2D eigenvalue weighted by atomic mass is 15.2. The Kier molecular flexibility index (Phi) is 1.59. The van der Waals surface area contributed by atoms with Crippen LogP contribution in [-0.4, -0.2) is 19.5 Å². The summed E-state index contributed by atoms with van der Waals surface area (Å²) in [6.07, 6.45) is 7.90. The lowest BCUT2D eigenvalue weighted by Gasteiger charge is -1.95. The van der Waals surface area contributed by atoms with Crippen molar-refractivity contribution < 1.29 is 0 Å². The normalized spacial score (nSPS) is 10.1. The van der Waals surface area contributed by atoms with Gasteiger partial charge in [-0.2, -0.15) is 0 Å². The number of aryl methyl sites for hydroxylation is 1. The number of rotatable bonds is 1. The first-order valence-electron chi connectivity index (χ1n) is 3.56. The Bertz CT molecular complexity index is 366. The monoisotopic (exact) mass is 159 g/mol. The molecule has 4 nitrogen and oxygen atoms in total. The van der Waals surface area contributed by atoms with E-state index in [0.29, 0.717) is 5.95 Å². The van der Waals surface area contributed by atoms with Gasteiger partial charge in [0.1, 0.15) is 6.33 Å². The van der Waals surface area contributed by atoms with E-state index in [9.17, 15) is 0 Å². The molecule has 0 saturated heterocycles. The second-order valence-corrected chi connectivity index (χ2v) is 2.41. The van der Waals surface area contributed by atoms with Gasteiger partial charge in [0.15, 0.2) is 0 Å². The molecule has 2 heterocycles. The Hall–Kier alpha value is -1.71. The van der Waals surface area contributed by atoms with Crippen LogP contribution in [0.3, 0.4) is 0 Å². The molecule has 59 valence electrons. The molecular weight excluding hydrogens is 152 g/mol. The summed E-state index contributed by atoms with van der Waals surface area (Å²) in [6.45, 7) is 1.92. The summed E-state index contributed by atoms with van der Waals surface area (Å²) in [5.74, 6) is 0.595. The van der Waals surface area contributed by atoms with Gasteiger partial charge in [0.2, 0.25) is 5.95 Å². The molecule has 12 heavy (non-hydrogen) atoms. The SMILES string of the molecule is Cc1cn(-c2n[c]ccn2)cn1. The lowest BCUT2D eigenvalue weighted by molar-refractivity contribution is 0.922. The molecule has 0 aromatic carbocycles. The first-order chi connectivity index (χ1) is 5.86. The molecule has 0 spiro atoms. The highest BCUT2D eigenvalue weighted by molar-refractivity contribution is 5.11. The summed E-state index contributed by atoms with van der Waals surface area (Å²) >= 11 is 0. The number of aromatic nitrogens is 4. The van der Waals surface area contributed by atoms with Gasteiger partial charge in [0.25, 0.3) is 0 Å². The van der Waals surface area contributed by atoms with Crippen LogP contribution in [0.4, 0.5) is 0 Å². The van der Waals surface area contributed by atoms with Gasteiger partial charge in [0.05, 0.1) is 11.9 Å². The molecule has 0 aliphatic rings. The second-order valence-electron chi connectivity index (χ2n) is 2.41. The van der Waals surface area contributed by atoms with Crippen molar-refractivity contribution in [2.45, 2.75) is 6.92 Å². The molecule has 0 aliphatic heterocycles. The molecule has 0 aliphatic carbocycles. The minimum absolute atomic E-state index is 0.595. The first-order valence-corrected chi connectivity index (χ1v) is 3.56. The summed E-state index contributed by atoms with van der Waals surface area (Å²) in [6, 6.07) is 1.66. The number of nitrogens with zero attached hydrogens (tertiary/aromatic N) is 4. The van der Waals surface area contributed by atoms with Crippen LogP contribution in [0.2, 0.25) is 0 Å². The van der Waals surface area contributed by atoms with E-state index in [-0.39, 0.29) is 0 Å². The van der Waals surface area contributed by atoms with Crippen molar-refractivity contribution in [2.75, 3.05) is 0 Å². The maximum Gasteiger partial charge on any atom is 0.235 e. The summed E-state index contributed by atoms with van der Waals surface area (Å²) in [4.78, 5) is 12.1. The average Bonchev–Trinajstić information content (AvgIpc) is 2.54. The van der Waals surface area contributed by atoms with E-state index in [0.717, 1.165) is 5.69 Å². The Labute approximate surface area is 69.9 Å². The first kappa shape index (κ1) is 6.97. The third-order valence-electron chi connectivity index (χ3n) is 1.45. The Balaban J connectivity index is 2.45. The van der Waals surface area contributed by atoms with Gasteiger partial charge in [0, 0.05) is 12.4 Å². The van der Waals surface area contributed by atoms with Crippen molar-refractivity contribution in [1.82, 2.24) is 19.5 Å². The minimum Gasteiger partial charge on any atom is -0.274 e. The number of imidazole rings is 1. The largest absolute Gasteiger partial charge is 0.274 e. The maximum absolute atomic E-state index is 4.06. The van der Waals surface area contributed by atoms with Gasteiger partial charge in [-0.05, 0) is 13.0 Å². The molecule has 4 heteroatoms. The zero-order valence-electron chi connectivity index (χ0n) is 6.60.